The lowest BCUT2D eigenvalue weighted by Gasteiger charge is -1.95. The standard InChI is InChI=1S/C14H11N3.BrH/c1-3-7-11(8-4-1)13-14(16-17-15-13)12-9-5-2-6-10-12;/h1-10H,(H,15,16,17);1H. The predicted molar refractivity (Wildman–Crippen MR) is 66.0 cm³/mol. The third-order valence-corrected chi connectivity index (χ3v) is 2.70. The number of hydrogen-bond donors (Lipinski definition) is 1. The quantitative estimate of drug-likeness (QED) is 0.685. The lowest BCUT2D eigenvalue weighted by molar-refractivity contribution is -0.443. The van der Waals surface area contributed by atoms with Crippen LogP contribution in [0.4, 0.5) is 0 Å². The summed E-state index contributed by atoms with van der Waals surface area (Å²) < 4.78 is 0. The van der Waals surface area contributed by atoms with Crippen molar-refractivity contribution in [2.24, 2.45) is 0 Å². The van der Waals surface area contributed by atoms with E-state index in [9.17, 15) is 0 Å². The van der Waals surface area contributed by atoms with Gasteiger partial charge < -0.3 is 17.0 Å². The van der Waals surface area contributed by atoms with Crippen molar-refractivity contribution >= 4 is 0 Å². The molecule has 1 heterocycles. The minimum Gasteiger partial charge on any atom is -1.00 e. The number of hydrogen-bond acceptors (Lipinski definition) is 1. The summed E-state index contributed by atoms with van der Waals surface area (Å²) in [7, 11) is 0. The van der Waals surface area contributed by atoms with Gasteiger partial charge in [-0.3, -0.25) is 0 Å². The lowest BCUT2D eigenvalue weighted by atomic mass is 10.1. The second-order valence-corrected chi connectivity index (χ2v) is 3.80. The van der Waals surface area contributed by atoms with Gasteiger partial charge in [-0.05, 0) is 0 Å². The fourth-order valence-corrected chi connectivity index (χ4v) is 1.87. The molecule has 18 heavy (non-hydrogen) atoms. The Morgan fingerprint density at radius 1 is 0.778 bits per heavy atom. The van der Waals surface area contributed by atoms with Crippen LogP contribution in [0, 0.1) is 0 Å². The number of aromatic nitrogens is 3. The Morgan fingerprint density at radius 3 is 1.94 bits per heavy atom. The van der Waals surface area contributed by atoms with Crippen molar-refractivity contribution in [3.05, 3.63) is 60.7 Å². The predicted octanol–water partition coefficient (Wildman–Crippen LogP) is -0.438. The van der Waals surface area contributed by atoms with Gasteiger partial charge in [-0.15, -0.1) is 0 Å². The van der Waals surface area contributed by atoms with E-state index in [4.69, 9.17) is 0 Å². The summed E-state index contributed by atoms with van der Waals surface area (Å²) in [5.74, 6) is 0. The van der Waals surface area contributed by atoms with Crippen LogP contribution in [0.3, 0.4) is 0 Å². The van der Waals surface area contributed by atoms with Crippen LogP contribution in [0.15, 0.2) is 60.7 Å². The zero-order valence-electron chi connectivity index (χ0n) is 9.60. The second-order valence-electron chi connectivity index (χ2n) is 3.80. The molecule has 0 amide bonds. The van der Waals surface area contributed by atoms with Gasteiger partial charge in [-0.25, -0.2) is 0 Å². The highest BCUT2D eigenvalue weighted by atomic mass is 79.9. The molecule has 0 saturated heterocycles. The first-order valence-corrected chi connectivity index (χ1v) is 5.52. The molecule has 0 fully saturated rings. The molecule has 0 spiro atoms. The summed E-state index contributed by atoms with van der Waals surface area (Å²) in [6.07, 6.45) is 0. The molecule has 0 saturated carbocycles. The molecule has 0 aliphatic carbocycles. The van der Waals surface area contributed by atoms with Gasteiger partial charge in [0.15, 0.2) is 0 Å². The number of nitrogens with one attached hydrogen (secondary N) is 2. The monoisotopic (exact) mass is 301 g/mol. The van der Waals surface area contributed by atoms with Gasteiger partial charge in [-0.2, -0.15) is 5.10 Å². The van der Waals surface area contributed by atoms with E-state index in [0.29, 0.717) is 0 Å². The van der Waals surface area contributed by atoms with Gasteiger partial charge in [0.2, 0.25) is 5.69 Å². The van der Waals surface area contributed by atoms with Crippen LogP contribution in [0.1, 0.15) is 0 Å². The average Bonchev–Trinajstić information content (AvgIpc) is 2.90. The summed E-state index contributed by atoms with van der Waals surface area (Å²) in [6, 6.07) is 20.3. The van der Waals surface area contributed by atoms with Gasteiger partial charge in [-0.1, -0.05) is 65.9 Å². The molecule has 3 rings (SSSR count). The molecule has 0 bridgehead atoms. The normalized spacial score (nSPS) is 9.78. The van der Waals surface area contributed by atoms with E-state index < -0.39 is 0 Å². The van der Waals surface area contributed by atoms with E-state index >= 15 is 0 Å². The maximum Gasteiger partial charge on any atom is 0.256 e. The minimum atomic E-state index is 0. The second kappa shape index (κ2) is 5.60. The van der Waals surface area contributed by atoms with Crippen molar-refractivity contribution in [1.82, 2.24) is 10.3 Å². The van der Waals surface area contributed by atoms with Crippen LogP contribution < -0.4 is 22.1 Å². The molecule has 0 aliphatic rings. The van der Waals surface area contributed by atoms with Crippen LogP contribution in [0.5, 0.6) is 0 Å². The Labute approximate surface area is 116 Å². The van der Waals surface area contributed by atoms with E-state index in [0.717, 1.165) is 22.5 Å². The first-order valence-electron chi connectivity index (χ1n) is 5.52. The van der Waals surface area contributed by atoms with Gasteiger partial charge in [0.1, 0.15) is 0 Å². The number of halogens is 1. The fraction of sp³-hybridized carbons (Fsp3) is 0. The van der Waals surface area contributed by atoms with Crippen molar-refractivity contribution in [2.45, 2.75) is 0 Å². The number of H-pyrrole nitrogens is 2. The first-order chi connectivity index (χ1) is 8.45. The summed E-state index contributed by atoms with van der Waals surface area (Å²) in [6.45, 7) is 0. The summed E-state index contributed by atoms with van der Waals surface area (Å²) in [5.41, 5.74) is 4.18. The Morgan fingerprint density at radius 2 is 1.33 bits per heavy atom. The van der Waals surface area contributed by atoms with Crippen LogP contribution in [-0.4, -0.2) is 10.3 Å². The summed E-state index contributed by atoms with van der Waals surface area (Å²) in [5, 5.41) is 10.2. The van der Waals surface area contributed by atoms with Crippen molar-refractivity contribution in [2.75, 3.05) is 0 Å². The molecule has 3 nitrogen and oxygen atoms in total. The summed E-state index contributed by atoms with van der Waals surface area (Å²) >= 11 is 0. The van der Waals surface area contributed by atoms with Crippen molar-refractivity contribution in [3.63, 3.8) is 0 Å². The minimum absolute atomic E-state index is 0. The molecule has 0 unspecified atom stereocenters. The average molecular weight is 302 g/mol. The van der Waals surface area contributed by atoms with Crippen LogP contribution in [-0.2, 0) is 0 Å². The Kier molecular flexibility index (Phi) is 3.89. The highest BCUT2D eigenvalue weighted by molar-refractivity contribution is 5.75. The van der Waals surface area contributed by atoms with Crippen LogP contribution in [0.2, 0.25) is 0 Å². The number of benzene rings is 2. The Bertz CT molecular complexity index is 551. The van der Waals surface area contributed by atoms with Gasteiger partial charge in [0, 0.05) is 16.2 Å². The Balaban J connectivity index is 0.00000120. The first kappa shape index (κ1) is 12.5. The van der Waals surface area contributed by atoms with E-state index in [-0.39, 0.29) is 17.0 Å². The van der Waals surface area contributed by atoms with Gasteiger partial charge in [0.25, 0.3) is 5.69 Å². The highest BCUT2D eigenvalue weighted by Gasteiger charge is 2.18. The van der Waals surface area contributed by atoms with Crippen molar-refractivity contribution < 1.29 is 22.1 Å². The van der Waals surface area contributed by atoms with Crippen LogP contribution >= 0.6 is 0 Å². The third-order valence-electron chi connectivity index (χ3n) is 2.70. The highest BCUT2D eigenvalue weighted by Crippen LogP contribution is 2.25. The maximum absolute atomic E-state index is 4.28. The topological polar surface area (TPSA) is 42.8 Å². The Hall–Kier alpha value is -1.94. The smallest absolute Gasteiger partial charge is 0.256 e. The lowest BCUT2D eigenvalue weighted by Crippen LogP contribution is -3.00. The van der Waals surface area contributed by atoms with Gasteiger partial charge >= 0.3 is 0 Å². The molecule has 1 aromatic heterocycles. The number of nitrogens with zero attached hydrogens (tertiary/aromatic N) is 1. The molecule has 2 N–H and O–H groups in total. The molecule has 4 heteroatoms. The molecule has 90 valence electrons. The van der Waals surface area contributed by atoms with Gasteiger partial charge in [0.05, 0.1) is 0 Å². The third kappa shape index (κ3) is 2.33. The van der Waals surface area contributed by atoms with E-state index in [2.05, 4.69) is 39.7 Å². The van der Waals surface area contributed by atoms with Crippen LogP contribution in [0.25, 0.3) is 22.5 Å². The SMILES string of the molecule is [Br-].c1ccc(-c2n[nH][nH+]c2-c2ccccc2)cc1. The fourth-order valence-electron chi connectivity index (χ4n) is 1.87. The molecule has 0 aliphatic heterocycles. The molecule has 0 radical (unpaired) electrons. The molecule has 0 atom stereocenters. The molecule has 2 aromatic carbocycles. The molecular formula is C14H12BrN3. The number of rotatable bonds is 2. The zero-order chi connectivity index (χ0) is 11.5. The maximum atomic E-state index is 4.28. The zero-order valence-corrected chi connectivity index (χ0v) is 11.2. The molecular weight excluding hydrogens is 290 g/mol. The molecule has 3 aromatic rings. The van der Waals surface area contributed by atoms with E-state index in [1.807, 2.05) is 36.4 Å². The van der Waals surface area contributed by atoms with Crippen molar-refractivity contribution in [3.8, 4) is 22.5 Å². The van der Waals surface area contributed by atoms with E-state index in [1.165, 1.54) is 0 Å². The van der Waals surface area contributed by atoms with E-state index in [1.54, 1.807) is 0 Å². The van der Waals surface area contributed by atoms with Crippen molar-refractivity contribution in [1.29, 1.82) is 0 Å². The number of aromatic amines is 2. The largest absolute Gasteiger partial charge is 1.00 e. The summed E-state index contributed by atoms with van der Waals surface area (Å²) in [4.78, 5) is 0.